The molecule has 1 aliphatic heterocycles. The van der Waals surface area contributed by atoms with Crippen molar-refractivity contribution in [3.63, 3.8) is 0 Å². The number of aliphatic hydroxyl groups is 3. The van der Waals surface area contributed by atoms with E-state index in [1.807, 2.05) is 32.9 Å². The fraction of sp³-hybridized carbons (Fsp3) is 0.429. The summed E-state index contributed by atoms with van der Waals surface area (Å²) in [5, 5.41) is 31.4. The van der Waals surface area contributed by atoms with Crippen LogP contribution in [0.3, 0.4) is 0 Å². The Morgan fingerprint density at radius 3 is 2.58 bits per heavy atom. The zero-order valence-corrected chi connectivity index (χ0v) is 17.4. The van der Waals surface area contributed by atoms with Gasteiger partial charge < -0.3 is 25.8 Å². The van der Waals surface area contributed by atoms with Crippen LogP contribution in [0.5, 0.6) is 0 Å². The second-order valence-corrected chi connectivity index (χ2v) is 8.64. The lowest BCUT2D eigenvalue weighted by Crippen LogP contribution is -2.52. The van der Waals surface area contributed by atoms with Crippen molar-refractivity contribution < 1.29 is 24.9 Å². The van der Waals surface area contributed by atoms with E-state index in [-0.39, 0.29) is 17.0 Å². The Kier molecular flexibility index (Phi) is 5.05. The fourth-order valence-corrected chi connectivity index (χ4v) is 4.07. The molecule has 4 atom stereocenters. The number of carbonyl (C=O) groups is 1. The summed E-state index contributed by atoms with van der Waals surface area (Å²) in [5.41, 5.74) is 4.79. The number of nitrogens with zero attached hydrogens (tertiary/aromatic N) is 4. The zero-order valence-electron chi connectivity index (χ0n) is 17.4. The first-order valence-electron chi connectivity index (χ1n) is 9.86. The number of imidazole rings is 1. The Balaban J connectivity index is 2.00. The number of benzene rings is 1. The number of ether oxygens (including phenoxy) is 1. The van der Waals surface area contributed by atoms with Gasteiger partial charge in [0.05, 0.1) is 6.61 Å². The van der Waals surface area contributed by atoms with Crippen LogP contribution in [0.15, 0.2) is 36.9 Å². The molecule has 0 radical (unpaired) electrons. The summed E-state index contributed by atoms with van der Waals surface area (Å²) in [6.45, 7) is 5.29. The first-order chi connectivity index (χ1) is 14.6. The minimum absolute atomic E-state index is 0.0909. The van der Waals surface area contributed by atoms with Gasteiger partial charge in [-0.2, -0.15) is 0 Å². The van der Waals surface area contributed by atoms with Gasteiger partial charge in [-0.1, -0.05) is 45.0 Å². The molecular formula is C21H25N5O5. The molecule has 0 amide bonds. The van der Waals surface area contributed by atoms with E-state index < -0.39 is 41.8 Å². The molecule has 0 aliphatic carbocycles. The number of ketones is 1. The lowest BCUT2D eigenvalue weighted by atomic mass is 9.80. The predicted octanol–water partition coefficient (Wildman–Crippen LogP) is 0.355. The van der Waals surface area contributed by atoms with E-state index in [9.17, 15) is 20.1 Å². The van der Waals surface area contributed by atoms with Crippen LogP contribution in [0.25, 0.3) is 11.2 Å². The molecule has 4 rings (SSSR count). The molecule has 0 spiro atoms. The lowest BCUT2D eigenvalue weighted by molar-refractivity contribution is -0.113. The molecule has 5 N–H and O–H groups in total. The molecular weight excluding hydrogens is 402 g/mol. The van der Waals surface area contributed by atoms with Gasteiger partial charge in [0, 0.05) is 5.56 Å². The van der Waals surface area contributed by atoms with Gasteiger partial charge in [0.25, 0.3) is 0 Å². The van der Waals surface area contributed by atoms with Gasteiger partial charge >= 0.3 is 0 Å². The standard InChI is InChI=1S/C21H25N5O5/c1-20(2,3)12-7-5-4-6-11(12)16(29)21(17(30)15(28)13(8-27)31-21)26-10-25-14-18(22)23-9-24-19(14)26/h4-7,9-10,13,15,17,27-28,30H,8H2,1-3H3,(H2,22,23,24)/t13-,15-,17-,21-/m1/s1. The molecule has 1 aliphatic rings. The number of carbonyl (C=O) groups excluding carboxylic acids is 1. The van der Waals surface area contributed by atoms with Gasteiger partial charge in [-0.25, -0.2) is 15.0 Å². The molecule has 1 saturated heterocycles. The summed E-state index contributed by atoms with van der Waals surface area (Å²) < 4.78 is 7.18. The fourth-order valence-electron chi connectivity index (χ4n) is 4.07. The molecule has 164 valence electrons. The Morgan fingerprint density at radius 2 is 1.94 bits per heavy atom. The molecule has 3 heterocycles. The van der Waals surface area contributed by atoms with Crippen LogP contribution in [0, 0.1) is 0 Å². The topological polar surface area (TPSA) is 157 Å². The number of fused-ring (bicyclic) bond motifs is 1. The monoisotopic (exact) mass is 427 g/mol. The van der Waals surface area contributed by atoms with Crippen molar-refractivity contribution in [2.24, 2.45) is 0 Å². The summed E-state index contributed by atoms with van der Waals surface area (Å²) in [4.78, 5) is 26.3. The Hall–Kier alpha value is -2.92. The number of aliphatic hydroxyl groups excluding tert-OH is 3. The average Bonchev–Trinajstić information content (AvgIpc) is 3.28. The Morgan fingerprint density at radius 1 is 1.23 bits per heavy atom. The maximum absolute atomic E-state index is 14.1. The summed E-state index contributed by atoms with van der Waals surface area (Å²) in [6, 6.07) is 7.00. The minimum Gasteiger partial charge on any atom is -0.394 e. The first-order valence-corrected chi connectivity index (χ1v) is 9.86. The molecule has 0 saturated carbocycles. The van der Waals surface area contributed by atoms with E-state index in [2.05, 4.69) is 15.0 Å². The summed E-state index contributed by atoms with van der Waals surface area (Å²) in [5.74, 6) is -0.509. The van der Waals surface area contributed by atoms with Crippen molar-refractivity contribution in [2.45, 2.75) is 50.2 Å². The van der Waals surface area contributed by atoms with E-state index in [1.165, 1.54) is 17.2 Å². The second kappa shape index (κ2) is 7.34. The highest BCUT2D eigenvalue weighted by molar-refractivity contribution is 6.04. The maximum Gasteiger partial charge on any atom is 0.241 e. The molecule has 10 nitrogen and oxygen atoms in total. The van der Waals surface area contributed by atoms with Crippen molar-refractivity contribution in [1.29, 1.82) is 0 Å². The van der Waals surface area contributed by atoms with Crippen LogP contribution < -0.4 is 5.73 Å². The highest BCUT2D eigenvalue weighted by Crippen LogP contribution is 2.42. The van der Waals surface area contributed by atoms with E-state index in [1.54, 1.807) is 12.1 Å². The van der Waals surface area contributed by atoms with E-state index in [0.29, 0.717) is 5.56 Å². The summed E-state index contributed by atoms with van der Waals surface area (Å²) in [6.07, 6.45) is -1.95. The van der Waals surface area contributed by atoms with Crippen molar-refractivity contribution in [2.75, 3.05) is 12.3 Å². The zero-order chi connectivity index (χ0) is 22.6. The first kappa shape index (κ1) is 21.3. The molecule has 10 heteroatoms. The van der Waals surface area contributed by atoms with Crippen molar-refractivity contribution in [3.8, 4) is 0 Å². The highest BCUT2D eigenvalue weighted by atomic mass is 16.6. The van der Waals surface area contributed by atoms with E-state index >= 15 is 0 Å². The number of anilines is 1. The molecule has 1 fully saturated rings. The number of hydrogen-bond donors (Lipinski definition) is 4. The van der Waals surface area contributed by atoms with Crippen LogP contribution in [0.4, 0.5) is 5.82 Å². The van der Waals surface area contributed by atoms with Gasteiger partial charge in [0.2, 0.25) is 11.5 Å². The van der Waals surface area contributed by atoms with E-state index in [0.717, 1.165) is 5.56 Å². The molecule has 2 aromatic heterocycles. The summed E-state index contributed by atoms with van der Waals surface area (Å²) >= 11 is 0. The summed E-state index contributed by atoms with van der Waals surface area (Å²) in [7, 11) is 0. The third-order valence-corrected chi connectivity index (χ3v) is 5.64. The van der Waals surface area contributed by atoms with Crippen LogP contribution in [-0.4, -0.2) is 65.5 Å². The third-order valence-electron chi connectivity index (χ3n) is 5.64. The number of Topliss-reactive ketones (excluding diaryl/α,β-unsaturated/α-hetero) is 1. The normalized spacial score (nSPS) is 26.5. The van der Waals surface area contributed by atoms with Crippen molar-refractivity contribution >= 4 is 22.8 Å². The van der Waals surface area contributed by atoms with Crippen LogP contribution in [-0.2, 0) is 15.9 Å². The van der Waals surface area contributed by atoms with E-state index in [4.69, 9.17) is 10.5 Å². The molecule has 31 heavy (non-hydrogen) atoms. The molecule has 0 bridgehead atoms. The number of nitrogen functional groups attached to an aromatic ring is 1. The quantitative estimate of drug-likeness (QED) is 0.431. The molecule has 0 unspecified atom stereocenters. The number of aromatic nitrogens is 4. The van der Waals surface area contributed by atoms with Gasteiger partial charge in [0.15, 0.2) is 11.5 Å². The number of nitrogens with two attached hydrogens (primary N) is 1. The van der Waals surface area contributed by atoms with Gasteiger partial charge in [-0.15, -0.1) is 0 Å². The van der Waals surface area contributed by atoms with Crippen molar-refractivity contribution in [3.05, 3.63) is 48.0 Å². The largest absolute Gasteiger partial charge is 0.394 e. The second-order valence-electron chi connectivity index (χ2n) is 8.64. The average molecular weight is 427 g/mol. The highest BCUT2D eigenvalue weighted by Gasteiger charge is 2.61. The Labute approximate surface area is 178 Å². The Bertz CT molecular complexity index is 1140. The smallest absolute Gasteiger partial charge is 0.241 e. The number of hydrogen-bond acceptors (Lipinski definition) is 9. The molecule has 1 aromatic carbocycles. The van der Waals surface area contributed by atoms with Crippen LogP contribution in [0.2, 0.25) is 0 Å². The predicted molar refractivity (Wildman–Crippen MR) is 111 cm³/mol. The van der Waals surface area contributed by atoms with Crippen LogP contribution in [0.1, 0.15) is 36.7 Å². The van der Waals surface area contributed by atoms with Gasteiger partial charge in [0.1, 0.15) is 36.5 Å². The SMILES string of the molecule is CC(C)(C)c1ccccc1C(=O)[C@@]1(n2cnc3c(N)ncnc32)O[C@H](CO)[C@@H](O)[C@H]1O. The van der Waals surface area contributed by atoms with Crippen LogP contribution >= 0.6 is 0 Å². The molecule has 3 aromatic rings. The lowest BCUT2D eigenvalue weighted by Gasteiger charge is -2.34. The maximum atomic E-state index is 14.1. The third kappa shape index (κ3) is 3.10. The van der Waals surface area contributed by atoms with Gasteiger partial charge in [-0.05, 0) is 11.0 Å². The number of rotatable bonds is 4. The minimum atomic E-state index is -2.12. The van der Waals surface area contributed by atoms with Crippen molar-refractivity contribution in [1.82, 2.24) is 19.5 Å². The van der Waals surface area contributed by atoms with Gasteiger partial charge in [-0.3, -0.25) is 9.36 Å².